The second-order valence-electron chi connectivity index (χ2n) is 5.02. The zero-order valence-electron chi connectivity index (χ0n) is 12.9. The molecule has 0 aliphatic carbocycles. The second-order valence-corrected chi connectivity index (χ2v) is 6.74. The van der Waals surface area contributed by atoms with Gasteiger partial charge in [-0.1, -0.05) is 47.5 Å². The lowest BCUT2D eigenvalue weighted by Gasteiger charge is -2.05. The van der Waals surface area contributed by atoms with Crippen LogP contribution in [0.3, 0.4) is 0 Å². The van der Waals surface area contributed by atoms with Crippen molar-refractivity contribution in [3.8, 4) is 0 Å². The summed E-state index contributed by atoms with van der Waals surface area (Å²) in [6.07, 6.45) is 1.70. The Kier molecular flexibility index (Phi) is 7.49. The number of fused-ring (bicyclic) bond motifs is 1. The molecule has 25 heavy (non-hydrogen) atoms. The van der Waals surface area contributed by atoms with E-state index in [-0.39, 0.29) is 29.9 Å². The smallest absolute Gasteiger partial charge is 0.214 e. The monoisotopic (exact) mass is 504 g/mol. The Morgan fingerprint density at radius 2 is 1.96 bits per heavy atom. The lowest BCUT2D eigenvalue weighted by atomic mass is 10.2. The van der Waals surface area contributed by atoms with E-state index in [1.54, 1.807) is 29.7 Å². The highest BCUT2D eigenvalue weighted by Crippen LogP contribution is 2.24. The first-order valence-corrected chi connectivity index (χ1v) is 8.77. The molecule has 4 nitrogen and oxygen atoms in total. The molecule has 0 bridgehead atoms. The number of halogens is 3. The Morgan fingerprint density at radius 1 is 1.16 bits per heavy atom. The summed E-state index contributed by atoms with van der Waals surface area (Å²) in [5.74, 6) is 0.233. The normalized spacial score (nSPS) is 11.7. The van der Waals surface area contributed by atoms with Crippen LogP contribution in [0, 0.1) is 0 Å². The van der Waals surface area contributed by atoms with Crippen molar-refractivity contribution >= 4 is 80.8 Å². The van der Waals surface area contributed by atoms with Crippen LogP contribution < -0.4 is 11.1 Å². The molecule has 3 aromatic rings. The standard InChI is InChI=1S/C17H14Cl2N4S.HI/c18-14-6-5-11(7-15(14)19)8-21-17(20)23-22-9-12-10-24-16-4-2-1-3-13(12)16;/h1-7,9-10H,8H2,(H3,20,21,23);1H. The summed E-state index contributed by atoms with van der Waals surface area (Å²) >= 11 is 13.5. The lowest BCUT2D eigenvalue weighted by molar-refractivity contribution is 0.895. The number of thiophene rings is 1. The molecule has 0 radical (unpaired) electrons. The number of nitrogens with one attached hydrogen (secondary N) is 1. The van der Waals surface area contributed by atoms with E-state index in [1.165, 1.54) is 4.70 Å². The lowest BCUT2D eigenvalue weighted by Crippen LogP contribution is -2.30. The van der Waals surface area contributed by atoms with Gasteiger partial charge in [-0.15, -0.1) is 40.4 Å². The van der Waals surface area contributed by atoms with Gasteiger partial charge in [0.05, 0.1) is 16.3 Å². The van der Waals surface area contributed by atoms with Crippen LogP contribution in [-0.4, -0.2) is 12.2 Å². The summed E-state index contributed by atoms with van der Waals surface area (Å²) in [6, 6.07) is 13.6. The Bertz CT molecular complexity index is 924. The molecule has 2 aromatic carbocycles. The summed E-state index contributed by atoms with van der Waals surface area (Å²) in [6.45, 7) is 0.489. The van der Waals surface area contributed by atoms with Gasteiger partial charge in [-0.3, -0.25) is 0 Å². The van der Waals surface area contributed by atoms with Gasteiger partial charge in [0.2, 0.25) is 5.96 Å². The third-order valence-corrected chi connectivity index (χ3v) is 5.05. The van der Waals surface area contributed by atoms with E-state index in [0.717, 1.165) is 16.5 Å². The first-order valence-electron chi connectivity index (χ1n) is 7.14. The quantitative estimate of drug-likeness (QED) is 0.220. The van der Waals surface area contributed by atoms with Crippen LogP contribution in [0.5, 0.6) is 0 Å². The average Bonchev–Trinajstić information content (AvgIpc) is 2.99. The van der Waals surface area contributed by atoms with Crippen molar-refractivity contribution in [3.63, 3.8) is 0 Å². The first-order chi connectivity index (χ1) is 11.6. The molecule has 0 saturated carbocycles. The maximum atomic E-state index is 5.97. The van der Waals surface area contributed by atoms with Crippen molar-refractivity contribution < 1.29 is 0 Å². The molecule has 0 unspecified atom stereocenters. The van der Waals surface area contributed by atoms with Crippen molar-refractivity contribution in [1.29, 1.82) is 0 Å². The fourth-order valence-electron chi connectivity index (χ4n) is 2.13. The van der Waals surface area contributed by atoms with Crippen LogP contribution >= 0.6 is 58.5 Å². The summed E-state index contributed by atoms with van der Waals surface area (Å²) in [4.78, 5) is 0. The highest BCUT2D eigenvalue weighted by molar-refractivity contribution is 14.0. The largest absolute Gasteiger partial charge is 0.368 e. The molecule has 0 aliphatic rings. The zero-order chi connectivity index (χ0) is 16.9. The third-order valence-electron chi connectivity index (χ3n) is 3.33. The van der Waals surface area contributed by atoms with Crippen molar-refractivity contribution in [3.05, 3.63) is 69.0 Å². The minimum atomic E-state index is 0. The Labute approximate surface area is 176 Å². The number of benzene rings is 2. The molecule has 0 aliphatic heterocycles. The predicted octanol–water partition coefficient (Wildman–Crippen LogP) is 5.26. The molecular weight excluding hydrogens is 490 g/mol. The van der Waals surface area contributed by atoms with E-state index >= 15 is 0 Å². The van der Waals surface area contributed by atoms with Crippen LogP contribution in [-0.2, 0) is 6.54 Å². The molecule has 3 rings (SSSR count). The molecule has 0 fully saturated rings. The third kappa shape index (κ3) is 5.31. The predicted molar refractivity (Wildman–Crippen MR) is 120 cm³/mol. The number of guanidine groups is 1. The van der Waals surface area contributed by atoms with Crippen LogP contribution in [0.25, 0.3) is 10.1 Å². The van der Waals surface area contributed by atoms with Gasteiger partial charge in [0, 0.05) is 27.6 Å². The average molecular weight is 505 g/mol. The Morgan fingerprint density at radius 3 is 2.76 bits per heavy atom. The molecule has 130 valence electrons. The number of hydrogen-bond donors (Lipinski definition) is 2. The SMILES string of the molecule is I.NC(=NN=Cc1csc2ccccc12)NCc1ccc(Cl)c(Cl)c1. The minimum absolute atomic E-state index is 0. The molecule has 0 atom stereocenters. The van der Waals surface area contributed by atoms with E-state index < -0.39 is 0 Å². The van der Waals surface area contributed by atoms with E-state index in [0.29, 0.717) is 16.6 Å². The van der Waals surface area contributed by atoms with Crippen molar-refractivity contribution in [2.75, 3.05) is 0 Å². The topological polar surface area (TPSA) is 62.8 Å². The zero-order valence-corrected chi connectivity index (χ0v) is 17.6. The van der Waals surface area contributed by atoms with Crippen LogP contribution in [0.4, 0.5) is 0 Å². The van der Waals surface area contributed by atoms with Crippen LogP contribution in [0.2, 0.25) is 10.0 Å². The van der Waals surface area contributed by atoms with Crippen molar-refractivity contribution in [1.82, 2.24) is 5.32 Å². The number of rotatable bonds is 4. The van der Waals surface area contributed by atoms with Gasteiger partial charge in [-0.05, 0) is 23.8 Å². The highest BCUT2D eigenvalue weighted by atomic mass is 127. The van der Waals surface area contributed by atoms with Crippen LogP contribution in [0.15, 0.2) is 58.0 Å². The van der Waals surface area contributed by atoms with Gasteiger partial charge in [-0.2, -0.15) is 5.10 Å². The van der Waals surface area contributed by atoms with Gasteiger partial charge < -0.3 is 11.1 Å². The van der Waals surface area contributed by atoms with Gasteiger partial charge in [-0.25, -0.2) is 0 Å². The maximum Gasteiger partial charge on any atom is 0.214 e. The molecule has 0 amide bonds. The van der Waals surface area contributed by atoms with E-state index in [2.05, 4.69) is 27.7 Å². The van der Waals surface area contributed by atoms with E-state index in [4.69, 9.17) is 28.9 Å². The fourth-order valence-corrected chi connectivity index (χ4v) is 3.36. The van der Waals surface area contributed by atoms with Crippen LogP contribution in [0.1, 0.15) is 11.1 Å². The summed E-state index contributed by atoms with van der Waals surface area (Å²) in [5, 5.41) is 15.2. The van der Waals surface area contributed by atoms with E-state index in [9.17, 15) is 0 Å². The number of hydrogen-bond acceptors (Lipinski definition) is 3. The summed E-state index contributed by atoms with van der Waals surface area (Å²) in [7, 11) is 0. The number of nitrogens with two attached hydrogens (primary N) is 1. The molecule has 1 aromatic heterocycles. The molecular formula is C17H15Cl2IN4S. The maximum absolute atomic E-state index is 5.97. The second kappa shape index (κ2) is 9.38. The highest BCUT2D eigenvalue weighted by Gasteiger charge is 2.01. The van der Waals surface area contributed by atoms with Crippen molar-refractivity contribution in [2.45, 2.75) is 6.54 Å². The van der Waals surface area contributed by atoms with Gasteiger partial charge >= 0.3 is 0 Å². The van der Waals surface area contributed by atoms with Gasteiger partial charge in [0.25, 0.3) is 0 Å². The van der Waals surface area contributed by atoms with Gasteiger partial charge in [0.1, 0.15) is 0 Å². The molecule has 8 heteroatoms. The molecule has 3 N–H and O–H groups in total. The fraction of sp³-hybridized carbons (Fsp3) is 0.0588. The Hall–Kier alpha value is -1.35. The van der Waals surface area contributed by atoms with E-state index in [1.807, 2.05) is 23.6 Å². The summed E-state index contributed by atoms with van der Waals surface area (Å²) in [5.41, 5.74) is 7.79. The molecule has 0 saturated heterocycles. The first kappa shape index (κ1) is 20.0. The van der Waals surface area contributed by atoms with Gasteiger partial charge in [0.15, 0.2) is 0 Å². The summed E-state index contributed by atoms with van der Waals surface area (Å²) < 4.78 is 1.22. The van der Waals surface area contributed by atoms with Crippen molar-refractivity contribution in [2.24, 2.45) is 15.9 Å². The molecule has 1 heterocycles. The molecule has 0 spiro atoms. The minimum Gasteiger partial charge on any atom is -0.368 e. The number of nitrogens with zero attached hydrogens (tertiary/aromatic N) is 2. The Balaban J connectivity index is 0.00000225.